The number of nitrogens with one attached hydrogen (secondary N) is 1. The van der Waals surface area contributed by atoms with Gasteiger partial charge in [-0.3, -0.25) is 4.79 Å². The molecule has 0 radical (unpaired) electrons. The van der Waals surface area contributed by atoms with Crippen molar-refractivity contribution >= 4 is 32.6 Å². The van der Waals surface area contributed by atoms with Crippen LogP contribution in [0, 0.1) is 11.6 Å². The van der Waals surface area contributed by atoms with Crippen LogP contribution in [-0.2, 0) is 11.3 Å². The van der Waals surface area contributed by atoms with E-state index in [1.54, 1.807) is 19.1 Å². The quantitative estimate of drug-likeness (QED) is 0.716. The minimum atomic E-state index is -0.683. The lowest BCUT2D eigenvalue weighted by Crippen LogP contribution is -2.35. The van der Waals surface area contributed by atoms with Crippen molar-refractivity contribution in [3.8, 4) is 5.75 Å². The molecule has 0 saturated heterocycles. The molecule has 0 saturated carbocycles. The lowest BCUT2D eigenvalue weighted by atomic mass is 10.2. The Morgan fingerprint density at radius 2 is 1.92 bits per heavy atom. The summed E-state index contributed by atoms with van der Waals surface area (Å²) >= 11 is 1.43. The molecule has 1 aromatic heterocycles. The molecule has 0 bridgehead atoms. The molecule has 136 valence electrons. The molecule has 0 aliphatic heterocycles. The first-order valence-electron chi connectivity index (χ1n) is 7.84. The van der Waals surface area contributed by atoms with Gasteiger partial charge in [-0.25, -0.2) is 13.8 Å². The Morgan fingerprint density at radius 1 is 1.23 bits per heavy atom. The topological polar surface area (TPSA) is 54.5 Å². The summed E-state index contributed by atoms with van der Waals surface area (Å²) in [4.78, 5) is 18.3. The Morgan fingerprint density at radius 3 is 2.62 bits per heavy atom. The van der Waals surface area contributed by atoms with Gasteiger partial charge in [-0.2, -0.15) is 0 Å². The highest BCUT2D eigenvalue weighted by Gasteiger charge is 2.15. The van der Waals surface area contributed by atoms with E-state index in [1.165, 1.54) is 17.4 Å². The van der Waals surface area contributed by atoms with Gasteiger partial charge < -0.3 is 15.0 Å². The summed E-state index contributed by atoms with van der Waals surface area (Å²) < 4.78 is 33.4. The molecule has 3 aromatic rings. The highest BCUT2D eigenvalue weighted by Crippen LogP contribution is 2.33. The van der Waals surface area contributed by atoms with Gasteiger partial charge in [0.05, 0.1) is 18.4 Å². The third kappa shape index (κ3) is 3.75. The minimum absolute atomic E-state index is 0.0121. The third-order valence-corrected chi connectivity index (χ3v) is 4.96. The Bertz CT molecular complexity index is 925. The van der Waals surface area contributed by atoms with Crippen LogP contribution in [0.5, 0.6) is 5.75 Å². The zero-order valence-electron chi connectivity index (χ0n) is 14.3. The summed E-state index contributed by atoms with van der Waals surface area (Å²) in [7, 11) is 3.31. The standard InChI is InChI=1S/C18H17F2N3O2S/c1-23(18-22-17-14(25-2)7-4-8-15(17)26-18)10-16(24)21-9-11-12(19)5-3-6-13(11)20/h3-8H,9-10H2,1-2H3,(H,21,24). The van der Waals surface area contributed by atoms with E-state index in [2.05, 4.69) is 10.3 Å². The van der Waals surface area contributed by atoms with Gasteiger partial charge in [-0.1, -0.05) is 23.5 Å². The molecule has 0 aliphatic rings. The van der Waals surface area contributed by atoms with E-state index in [1.807, 2.05) is 18.2 Å². The molecule has 1 amide bonds. The largest absolute Gasteiger partial charge is 0.494 e. The maximum atomic E-state index is 13.6. The molecule has 1 N–H and O–H groups in total. The summed E-state index contributed by atoms with van der Waals surface area (Å²) in [6.07, 6.45) is 0. The number of carbonyl (C=O) groups excluding carboxylic acids is 1. The molecule has 0 unspecified atom stereocenters. The molecule has 26 heavy (non-hydrogen) atoms. The van der Waals surface area contributed by atoms with E-state index in [4.69, 9.17) is 4.74 Å². The summed E-state index contributed by atoms with van der Waals surface area (Å²) in [5.74, 6) is -1.06. The Kier molecular flexibility index (Phi) is 5.32. The van der Waals surface area contributed by atoms with Crippen molar-refractivity contribution in [1.29, 1.82) is 0 Å². The van der Waals surface area contributed by atoms with E-state index in [-0.39, 0.29) is 24.6 Å². The van der Waals surface area contributed by atoms with Gasteiger partial charge in [-0.05, 0) is 24.3 Å². The molecule has 0 aliphatic carbocycles. The molecule has 5 nitrogen and oxygen atoms in total. The number of benzene rings is 2. The van der Waals surface area contributed by atoms with Crippen molar-refractivity contribution in [1.82, 2.24) is 10.3 Å². The van der Waals surface area contributed by atoms with Gasteiger partial charge in [0, 0.05) is 19.2 Å². The lowest BCUT2D eigenvalue weighted by Gasteiger charge is -2.15. The SMILES string of the molecule is COc1cccc2sc(N(C)CC(=O)NCc3c(F)cccc3F)nc12. The van der Waals surface area contributed by atoms with Crippen molar-refractivity contribution in [2.24, 2.45) is 0 Å². The number of nitrogens with zero attached hydrogens (tertiary/aromatic N) is 2. The minimum Gasteiger partial charge on any atom is -0.494 e. The zero-order valence-corrected chi connectivity index (χ0v) is 15.1. The molecular weight excluding hydrogens is 360 g/mol. The fourth-order valence-electron chi connectivity index (χ4n) is 2.47. The molecule has 1 heterocycles. The van der Waals surface area contributed by atoms with Crippen molar-refractivity contribution in [2.45, 2.75) is 6.54 Å². The predicted octanol–water partition coefficient (Wildman–Crippen LogP) is 3.34. The second kappa shape index (κ2) is 7.65. The van der Waals surface area contributed by atoms with Crippen molar-refractivity contribution < 1.29 is 18.3 Å². The first-order valence-corrected chi connectivity index (χ1v) is 8.65. The second-order valence-corrected chi connectivity index (χ2v) is 6.65. The number of likely N-dealkylation sites (N-methyl/N-ethyl adjacent to an activating group) is 1. The number of thiazole rings is 1. The number of carbonyl (C=O) groups is 1. The van der Waals surface area contributed by atoms with Crippen LogP contribution in [0.1, 0.15) is 5.56 Å². The van der Waals surface area contributed by atoms with Crippen LogP contribution in [0.4, 0.5) is 13.9 Å². The van der Waals surface area contributed by atoms with Crippen LogP contribution < -0.4 is 15.0 Å². The summed E-state index contributed by atoms with van der Waals surface area (Å²) in [6.45, 7) is -0.197. The predicted molar refractivity (Wildman–Crippen MR) is 97.6 cm³/mol. The van der Waals surface area contributed by atoms with Gasteiger partial charge in [0.15, 0.2) is 5.13 Å². The van der Waals surface area contributed by atoms with Gasteiger partial charge in [0.1, 0.15) is 22.9 Å². The fourth-order valence-corrected chi connectivity index (χ4v) is 3.41. The monoisotopic (exact) mass is 377 g/mol. The number of hydrogen-bond acceptors (Lipinski definition) is 5. The van der Waals surface area contributed by atoms with Crippen LogP contribution in [0.15, 0.2) is 36.4 Å². The van der Waals surface area contributed by atoms with E-state index in [9.17, 15) is 13.6 Å². The number of ether oxygens (including phenoxy) is 1. The molecule has 3 rings (SSSR count). The maximum Gasteiger partial charge on any atom is 0.239 e. The number of halogens is 2. The average Bonchev–Trinajstić information content (AvgIpc) is 3.05. The van der Waals surface area contributed by atoms with Crippen molar-refractivity contribution in [3.05, 3.63) is 53.6 Å². The number of fused-ring (bicyclic) bond motifs is 1. The first-order chi connectivity index (χ1) is 12.5. The number of para-hydroxylation sites is 1. The number of anilines is 1. The van der Waals surface area contributed by atoms with Crippen LogP contribution in [0.25, 0.3) is 10.2 Å². The Labute approximate surface area is 153 Å². The summed E-state index contributed by atoms with van der Waals surface area (Å²) in [5.41, 5.74) is 0.573. The maximum absolute atomic E-state index is 13.6. The first kappa shape index (κ1) is 18.1. The molecule has 0 fully saturated rings. The second-order valence-electron chi connectivity index (χ2n) is 5.64. The van der Waals surface area contributed by atoms with Crippen LogP contribution in [-0.4, -0.2) is 31.6 Å². The molecule has 2 aromatic carbocycles. The van der Waals surface area contributed by atoms with Crippen LogP contribution >= 0.6 is 11.3 Å². The summed E-state index contributed by atoms with van der Waals surface area (Å²) in [5, 5.41) is 3.18. The van der Waals surface area contributed by atoms with Gasteiger partial charge >= 0.3 is 0 Å². The highest BCUT2D eigenvalue weighted by molar-refractivity contribution is 7.22. The van der Waals surface area contributed by atoms with Gasteiger partial charge in [0.25, 0.3) is 0 Å². The molecular formula is C18H17F2N3O2S. The Balaban J connectivity index is 1.66. The molecule has 0 atom stereocenters. The number of amides is 1. The molecule has 8 heteroatoms. The van der Waals surface area contributed by atoms with Crippen LogP contribution in [0.2, 0.25) is 0 Å². The van der Waals surface area contributed by atoms with Crippen molar-refractivity contribution in [2.75, 3.05) is 25.6 Å². The number of rotatable bonds is 6. The van der Waals surface area contributed by atoms with Gasteiger partial charge in [-0.15, -0.1) is 0 Å². The number of methoxy groups -OCH3 is 1. The zero-order chi connectivity index (χ0) is 18.7. The van der Waals surface area contributed by atoms with E-state index >= 15 is 0 Å². The fraction of sp³-hybridized carbons (Fsp3) is 0.222. The highest BCUT2D eigenvalue weighted by atomic mass is 32.1. The number of aromatic nitrogens is 1. The van der Waals surface area contributed by atoms with Crippen LogP contribution in [0.3, 0.4) is 0 Å². The van der Waals surface area contributed by atoms with Gasteiger partial charge in [0.2, 0.25) is 5.91 Å². The Hall–Kier alpha value is -2.74. The van der Waals surface area contributed by atoms with E-state index < -0.39 is 11.6 Å². The normalized spacial score (nSPS) is 10.8. The van der Waals surface area contributed by atoms with E-state index in [0.717, 1.165) is 22.3 Å². The van der Waals surface area contributed by atoms with E-state index in [0.29, 0.717) is 10.9 Å². The van der Waals surface area contributed by atoms with Crippen molar-refractivity contribution in [3.63, 3.8) is 0 Å². The molecule has 0 spiro atoms. The summed E-state index contributed by atoms with van der Waals surface area (Å²) in [6, 6.07) is 9.22. The average molecular weight is 377 g/mol. The lowest BCUT2D eigenvalue weighted by molar-refractivity contribution is -0.119. The smallest absolute Gasteiger partial charge is 0.239 e. The third-order valence-electron chi connectivity index (χ3n) is 3.82. The number of hydrogen-bond donors (Lipinski definition) is 1.